The Balaban J connectivity index is 1.37. The summed E-state index contributed by atoms with van der Waals surface area (Å²) in [5.41, 5.74) is 8.81. The van der Waals surface area contributed by atoms with E-state index in [1.54, 1.807) is 12.1 Å². The minimum atomic E-state index is -0.963. The summed E-state index contributed by atoms with van der Waals surface area (Å²) in [6, 6.07) is 11.3. The maximum Gasteiger partial charge on any atom is 0.407 e. The average Bonchev–Trinajstić information content (AvgIpc) is 3.63. The SMILES string of the molecule is C[C@H](N)[C@H](Oc1ccc(C(=O)N[C@H]2CCCN(C(=O)O)C2)nc1)c1ccc(C2CC2)cc1. The van der Waals surface area contributed by atoms with Crippen LogP contribution in [-0.2, 0) is 0 Å². The van der Waals surface area contributed by atoms with E-state index in [1.165, 1.54) is 29.5 Å². The third kappa shape index (κ3) is 5.37. The highest BCUT2D eigenvalue weighted by Crippen LogP contribution is 2.40. The zero-order valence-corrected chi connectivity index (χ0v) is 18.2. The van der Waals surface area contributed by atoms with Crippen molar-refractivity contribution >= 4 is 12.0 Å². The standard InChI is InChI=1S/C24H30N4O4/c1-15(25)22(18-8-6-17(7-9-18)16-4-5-16)32-20-10-11-21(26-13-20)23(29)27-19-3-2-12-28(14-19)24(30)31/h6-11,13,15-16,19,22H,2-5,12,14,25H2,1H3,(H,27,29)(H,30,31)/t15-,19-,22-/m0/s1. The molecule has 1 aliphatic carbocycles. The van der Waals surface area contributed by atoms with Gasteiger partial charge in [-0.3, -0.25) is 4.79 Å². The summed E-state index contributed by atoms with van der Waals surface area (Å²) in [5.74, 6) is 0.903. The second-order valence-electron chi connectivity index (χ2n) is 8.76. The van der Waals surface area contributed by atoms with Crippen LogP contribution in [0.2, 0.25) is 0 Å². The van der Waals surface area contributed by atoms with Crippen LogP contribution in [-0.4, -0.2) is 52.2 Å². The molecular weight excluding hydrogens is 408 g/mol. The van der Waals surface area contributed by atoms with Gasteiger partial charge in [0.05, 0.1) is 6.20 Å². The average molecular weight is 439 g/mol. The van der Waals surface area contributed by atoms with Gasteiger partial charge in [-0.05, 0) is 61.8 Å². The highest BCUT2D eigenvalue weighted by molar-refractivity contribution is 5.92. The molecule has 1 aromatic heterocycles. The van der Waals surface area contributed by atoms with Gasteiger partial charge in [0.1, 0.15) is 17.5 Å². The second kappa shape index (κ2) is 9.56. The van der Waals surface area contributed by atoms with Crippen molar-refractivity contribution < 1.29 is 19.4 Å². The van der Waals surface area contributed by atoms with E-state index >= 15 is 0 Å². The molecule has 1 saturated carbocycles. The summed E-state index contributed by atoms with van der Waals surface area (Å²) in [6.07, 6.45) is 4.22. The predicted octanol–water partition coefficient (Wildman–Crippen LogP) is 3.30. The fourth-order valence-corrected chi connectivity index (χ4v) is 4.11. The van der Waals surface area contributed by atoms with Gasteiger partial charge in [-0.1, -0.05) is 24.3 Å². The number of carbonyl (C=O) groups is 2. The van der Waals surface area contributed by atoms with Gasteiger partial charge in [0.2, 0.25) is 0 Å². The van der Waals surface area contributed by atoms with Crippen molar-refractivity contribution in [2.24, 2.45) is 5.73 Å². The number of nitrogens with two attached hydrogens (primary N) is 1. The molecule has 3 atom stereocenters. The van der Waals surface area contributed by atoms with E-state index in [0.717, 1.165) is 18.4 Å². The first-order chi connectivity index (χ1) is 15.4. The predicted molar refractivity (Wildman–Crippen MR) is 120 cm³/mol. The van der Waals surface area contributed by atoms with Crippen molar-refractivity contribution in [1.82, 2.24) is 15.2 Å². The number of nitrogens with zero attached hydrogens (tertiary/aromatic N) is 2. The lowest BCUT2D eigenvalue weighted by atomic mass is 10.0. The number of hydrogen-bond acceptors (Lipinski definition) is 5. The van der Waals surface area contributed by atoms with E-state index in [4.69, 9.17) is 15.6 Å². The number of hydrogen-bond donors (Lipinski definition) is 3. The van der Waals surface area contributed by atoms with Gasteiger partial charge in [-0.15, -0.1) is 0 Å². The minimum Gasteiger partial charge on any atom is -0.482 e. The van der Waals surface area contributed by atoms with Gasteiger partial charge in [-0.2, -0.15) is 0 Å². The normalized spacial score (nSPS) is 20.3. The fraction of sp³-hybridized carbons (Fsp3) is 0.458. The highest BCUT2D eigenvalue weighted by Gasteiger charge is 2.26. The van der Waals surface area contributed by atoms with Crippen molar-refractivity contribution in [3.05, 3.63) is 59.4 Å². The third-order valence-corrected chi connectivity index (χ3v) is 6.05. The summed E-state index contributed by atoms with van der Waals surface area (Å²) in [6.45, 7) is 2.69. The Hall–Kier alpha value is -3.13. The quantitative estimate of drug-likeness (QED) is 0.610. The molecule has 0 unspecified atom stereocenters. The number of aromatic nitrogens is 1. The molecule has 0 radical (unpaired) electrons. The Morgan fingerprint density at radius 1 is 1.19 bits per heavy atom. The van der Waals surface area contributed by atoms with Crippen LogP contribution >= 0.6 is 0 Å². The van der Waals surface area contributed by atoms with Crippen molar-refractivity contribution in [2.45, 2.75) is 56.7 Å². The molecule has 170 valence electrons. The molecule has 8 heteroatoms. The Labute approximate surface area is 187 Å². The maximum atomic E-state index is 12.5. The zero-order valence-electron chi connectivity index (χ0n) is 18.2. The van der Waals surface area contributed by atoms with E-state index in [2.05, 4.69) is 34.6 Å². The van der Waals surface area contributed by atoms with Gasteiger partial charge < -0.3 is 25.8 Å². The van der Waals surface area contributed by atoms with Crippen LogP contribution in [0.25, 0.3) is 0 Å². The summed E-state index contributed by atoms with van der Waals surface area (Å²) < 4.78 is 6.11. The lowest BCUT2D eigenvalue weighted by molar-refractivity contribution is 0.0883. The summed E-state index contributed by atoms with van der Waals surface area (Å²) in [4.78, 5) is 29.3. The van der Waals surface area contributed by atoms with Gasteiger partial charge >= 0.3 is 6.09 Å². The highest BCUT2D eigenvalue weighted by atomic mass is 16.5. The Morgan fingerprint density at radius 2 is 1.94 bits per heavy atom. The molecule has 2 fully saturated rings. The fourth-order valence-electron chi connectivity index (χ4n) is 4.11. The number of benzene rings is 1. The van der Waals surface area contributed by atoms with E-state index in [-0.39, 0.29) is 36.3 Å². The number of rotatable bonds is 7. The van der Waals surface area contributed by atoms with Crippen molar-refractivity contribution in [3.8, 4) is 5.75 Å². The molecule has 1 aliphatic heterocycles. The monoisotopic (exact) mass is 438 g/mol. The molecule has 8 nitrogen and oxygen atoms in total. The van der Waals surface area contributed by atoms with Gasteiger partial charge in [0.15, 0.2) is 0 Å². The number of ether oxygens (including phenoxy) is 1. The van der Waals surface area contributed by atoms with Crippen LogP contribution in [0.4, 0.5) is 4.79 Å². The third-order valence-electron chi connectivity index (χ3n) is 6.05. The van der Waals surface area contributed by atoms with E-state index in [0.29, 0.717) is 18.2 Å². The van der Waals surface area contributed by atoms with Crippen LogP contribution < -0.4 is 15.8 Å². The minimum absolute atomic E-state index is 0.217. The Bertz CT molecular complexity index is 941. The van der Waals surface area contributed by atoms with E-state index in [1.807, 2.05) is 6.92 Å². The van der Waals surface area contributed by atoms with Crippen molar-refractivity contribution in [3.63, 3.8) is 0 Å². The molecule has 4 rings (SSSR count). The molecule has 0 bridgehead atoms. The molecule has 1 saturated heterocycles. The number of pyridine rings is 1. The summed E-state index contributed by atoms with van der Waals surface area (Å²) in [5, 5.41) is 12.0. The second-order valence-corrected chi connectivity index (χ2v) is 8.76. The first kappa shape index (κ1) is 22.1. The van der Waals surface area contributed by atoms with E-state index < -0.39 is 6.09 Å². The van der Waals surface area contributed by atoms with Crippen LogP contribution in [0.5, 0.6) is 5.75 Å². The summed E-state index contributed by atoms with van der Waals surface area (Å²) in [7, 11) is 0. The smallest absolute Gasteiger partial charge is 0.407 e. The molecular formula is C24H30N4O4. The Kier molecular flexibility index (Phi) is 6.60. The number of carbonyl (C=O) groups excluding carboxylic acids is 1. The Morgan fingerprint density at radius 3 is 2.53 bits per heavy atom. The van der Waals surface area contributed by atoms with Crippen LogP contribution in [0.15, 0.2) is 42.6 Å². The van der Waals surface area contributed by atoms with Gasteiger partial charge in [0, 0.05) is 25.2 Å². The molecule has 2 aliphatic rings. The summed E-state index contributed by atoms with van der Waals surface area (Å²) >= 11 is 0. The van der Waals surface area contributed by atoms with E-state index in [9.17, 15) is 9.59 Å². The molecule has 2 aromatic rings. The topological polar surface area (TPSA) is 118 Å². The van der Waals surface area contributed by atoms with Crippen molar-refractivity contribution in [2.75, 3.05) is 13.1 Å². The first-order valence-corrected chi connectivity index (χ1v) is 11.2. The molecule has 32 heavy (non-hydrogen) atoms. The molecule has 0 spiro atoms. The number of likely N-dealkylation sites (tertiary alicyclic amines) is 1. The molecule has 1 aromatic carbocycles. The number of nitrogens with one attached hydrogen (secondary N) is 1. The van der Waals surface area contributed by atoms with Crippen LogP contribution in [0.1, 0.15) is 66.2 Å². The lowest BCUT2D eigenvalue weighted by Gasteiger charge is -2.31. The van der Waals surface area contributed by atoms with Crippen LogP contribution in [0.3, 0.4) is 0 Å². The largest absolute Gasteiger partial charge is 0.482 e. The van der Waals surface area contributed by atoms with Gasteiger partial charge in [-0.25, -0.2) is 9.78 Å². The number of amides is 2. The molecule has 2 amide bonds. The first-order valence-electron chi connectivity index (χ1n) is 11.2. The van der Waals surface area contributed by atoms with Crippen molar-refractivity contribution in [1.29, 1.82) is 0 Å². The number of piperidine rings is 1. The molecule has 4 N–H and O–H groups in total. The number of carboxylic acid groups (broad SMARTS) is 1. The van der Waals surface area contributed by atoms with Crippen LogP contribution in [0, 0.1) is 0 Å². The maximum absolute atomic E-state index is 12.5. The molecule has 2 heterocycles. The zero-order chi connectivity index (χ0) is 22.7. The lowest BCUT2D eigenvalue weighted by Crippen LogP contribution is -2.49. The van der Waals surface area contributed by atoms with Gasteiger partial charge in [0.25, 0.3) is 5.91 Å².